The maximum absolute atomic E-state index is 9.05. The highest BCUT2D eigenvalue weighted by atomic mass is 16.5. The van der Waals surface area contributed by atoms with Crippen LogP contribution in [0.4, 0.5) is 0 Å². The van der Waals surface area contributed by atoms with Crippen molar-refractivity contribution in [2.45, 2.75) is 38.6 Å². The first-order valence-corrected chi connectivity index (χ1v) is 7.36. The van der Waals surface area contributed by atoms with Gasteiger partial charge in [0.2, 0.25) is 0 Å². The van der Waals surface area contributed by atoms with E-state index in [0.29, 0.717) is 6.04 Å². The van der Waals surface area contributed by atoms with Crippen molar-refractivity contribution >= 4 is 0 Å². The molecule has 1 saturated carbocycles. The molecule has 2 N–H and O–H groups in total. The molecule has 0 radical (unpaired) electrons. The monoisotopic (exact) mass is 258 g/mol. The second-order valence-corrected chi connectivity index (χ2v) is 5.44. The first-order valence-electron chi connectivity index (χ1n) is 7.36. The molecule has 0 aromatic carbocycles. The molecular formula is C14H30N2O2. The van der Waals surface area contributed by atoms with E-state index in [-0.39, 0.29) is 6.61 Å². The SMILES string of the molecule is CCCNC(CCO)CN(C)CCOCC1CC1. The first-order chi connectivity index (χ1) is 8.76. The third kappa shape index (κ3) is 8.03. The molecule has 0 heterocycles. The minimum Gasteiger partial charge on any atom is -0.396 e. The van der Waals surface area contributed by atoms with Gasteiger partial charge in [-0.1, -0.05) is 6.92 Å². The standard InChI is InChI=1S/C14H30N2O2/c1-3-7-15-14(6-9-17)11-16(2)8-10-18-12-13-4-5-13/h13-15,17H,3-12H2,1-2H3. The van der Waals surface area contributed by atoms with Gasteiger partial charge in [0.05, 0.1) is 6.61 Å². The number of nitrogens with one attached hydrogen (secondary N) is 1. The smallest absolute Gasteiger partial charge is 0.0593 e. The Bertz CT molecular complexity index is 198. The second-order valence-electron chi connectivity index (χ2n) is 5.44. The van der Waals surface area contributed by atoms with Crippen molar-refractivity contribution in [1.29, 1.82) is 0 Å². The Labute approximate surface area is 112 Å². The van der Waals surface area contributed by atoms with Crippen LogP contribution in [-0.2, 0) is 4.74 Å². The Morgan fingerprint density at radius 3 is 2.83 bits per heavy atom. The molecular weight excluding hydrogens is 228 g/mol. The molecule has 1 fully saturated rings. The predicted octanol–water partition coefficient (Wildman–Crippen LogP) is 1.10. The molecule has 108 valence electrons. The van der Waals surface area contributed by atoms with Crippen LogP contribution < -0.4 is 5.32 Å². The summed E-state index contributed by atoms with van der Waals surface area (Å²) in [5, 5.41) is 12.5. The summed E-state index contributed by atoms with van der Waals surface area (Å²) in [5.41, 5.74) is 0. The topological polar surface area (TPSA) is 44.7 Å². The lowest BCUT2D eigenvalue weighted by molar-refractivity contribution is 0.0994. The first kappa shape index (κ1) is 15.9. The van der Waals surface area contributed by atoms with E-state index < -0.39 is 0 Å². The van der Waals surface area contributed by atoms with Gasteiger partial charge in [0, 0.05) is 32.3 Å². The van der Waals surface area contributed by atoms with Crippen molar-refractivity contribution in [3.63, 3.8) is 0 Å². The third-order valence-electron chi connectivity index (χ3n) is 3.36. The number of aliphatic hydroxyl groups is 1. The fraction of sp³-hybridized carbons (Fsp3) is 1.00. The Kier molecular flexibility index (Phi) is 8.59. The Morgan fingerprint density at radius 1 is 1.44 bits per heavy atom. The predicted molar refractivity (Wildman–Crippen MR) is 74.8 cm³/mol. The average molecular weight is 258 g/mol. The third-order valence-corrected chi connectivity index (χ3v) is 3.36. The summed E-state index contributed by atoms with van der Waals surface area (Å²) in [6.07, 6.45) is 4.67. The summed E-state index contributed by atoms with van der Waals surface area (Å²) in [4.78, 5) is 2.29. The van der Waals surface area contributed by atoms with E-state index in [0.717, 1.165) is 51.6 Å². The van der Waals surface area contributed by atoms with Gasteiger partial charge in [-0.15, -0.1) is 0 Å². The molecule has 0 amide bonds. The molecule has 0 aromatic heterocycles. The van der Waals surface area contributed by atoms with E-state index >= 15 is 0 Å². The fourth-order valence-corrected chi connectivity index (χ4v) is 1.98. The van der Waals surface area contributed by atoms with Gasteiger partial charge in [-0.2, -0.15) is 0 Å². The molecule has 18 heavy (non-hydrogen) atoms. The molecule has 0 bridgehead atoms. The van der Waals surface area contributed by atoms with E-state index in [1.807, 2.05) is 0 Å². The highest BCUT2D eigenvalue weighted by molar-refractivity contribution is 4.72. The maximum Gasteiger partial charge on any atom is 0.0593 e. The van der Waals surface area contributed by atoms with Gasteiger partial charge < -0.3 is 20.1 Å². The van der Waals surface area contributed by atoms with Crippen LogP contribution in [0.2, 0.25) is 0 Å². The number of hydrogen-bond acceptors (Lipinski definition) is 4. The molecule has 1 atom stereocenters. The highest BCUT2D eigenvalue weighted by Gasteiger charge is 2.21. The van der Waals surface area contributed by atoms with Crippen LogP contribution in [-0.4, -0.2) is 62.6 Å². The van der Waals surface area contributed by atoms with Crippen LogP contribution in [0.1, 0.15) is 32.6 Å². The summed E-state index contributed by atoms with van der Waals surface area (Å²) in [6, 6.07) is 0.392. The van der Waals surface area contributed by atoms with E-state index in [2.05, 4.69) is 24.2 Å². The van der Waals surface area contributed by atoms with Gasteiger partial charge >= 0.3 is 0 Å². The molecule has 1 rings (SSSR count). The van der Waals surface area contributed by atoms with Gasteiger partial charge in [-0.05, 0) is 45.2 Å². The lowest BCUT2D eigenvalue weighted by Gasteiger charge is -2.24. The zero-order valence-corrected chi connectivity index (χ0v) is 12.0. The van der Waals surface area contributed by atoms with Crippen LogP contribution >= 0.6 is 0 Å². The molecule has 1 unspecified atom stereocenters. The van der Waals surface area contributed by atoms with E-state index in [1.54, 1.807) is 0 Å². The number of hydrogen-bond donors (Lipinski definition) is 2. The van der Waals surface area contributed by atoms with Crippen molar-refractivity contribution in [1.82, 2.24) is 10.2 Å². The average Bonchev–Trinajstić information content (AvgIpc) is 3.16. The molecule has 4 nitrogen and oxygen atoms in total. The number of likely N-dealkylation sites (N-methyl/N-ethyl adjacent to an activating group) is 1. The van der Waals surface area contributed by atoms with Crippen molar-refractivity contribution < 1.29 is 9.84 Å². The van der Waals surface area contributed by atoms with Gasteiger partial charge in [0.25, 0.3) is 0 Å². The molecule has 1 aliphatic carbocycles. The fourth-order valence-electron chi connectivity index (χ4n) is 1.98. The number of ether oxygens (including phenoxy) is 1. The largest absolute Gasteiger partial charge is 0.396 e. The number of rotatable bonds is 12. The van der Waals surface area contributed by atoms with Crippen LogP contribution in [0.25, 0.3) is 0 Å². The van der Waals surface area contributed by atoms with Crippen LogP contribution in [0, 0.1) is 5.92 Å². The van der Waals surface area contributed by atoms with Crippen molar-refractivity contribution in [3.8, 4) is 0 Å². The van der Waals surface area contributed by atoms with E-state index in [1.165, 1.54) is 12.8 Å². The van der Waals surface area contributed by atoms with Gasteiger partial charge in [-0.3, -0.25) is 0 Å². The summed E-state index contributed by atoms with van der Waals surface area (Å²) >= 11 is 0. The lowest BCUT2D eigenvalue weighted by atomic mass is 10.2. The molecule has 4 heteroatoms. The lowest BCUT2D eigenvalue weighted by Crippen LogP contribution is -2.41. The Balaban J connectivity index is 2.03. The summed E-state index contributed by atoms with van der Waals surface area (Å²) in [5.74, 6) is 0.851. The normalized spacial score (nSPS) is 17.3. The molecule has 0 spiro atoms. The highest BCUT2D eigenvalue weighted by Crippen LogP contribution is 2.28. The van der Waals surface area contributed by atoms with E-state index in [4.69, 9.17) is 9.84 Å². The van der Waals surface area contributed by atoms with Crippen LogP contribution in [0.3, 0.4) is 0 Å². The minimum absolute atomic E-state index is 0.257. The molecule has 0 aliphatic heterocycles. The van der Waals surface area contributed by atoms with Gasteiger partial charge in [0.1, 0.15) is 0 Å². The zero-order chi connectivity index (χ0) is 13.2. The molecule has 1 aliphatic rings. The van der Waals surface area contributed by atoms with E-state index in [9.17, 15) is 0 Å². The summed E-state index contributed by atoms with van der Waals surface area (Å²) < 4.78 is 5.64. The van der Waals surface area contributed by atoms with Crippen molar-refractivity contribution in [3.05, 3.63) is 0 Å². The molecule has 0 saturated heterocycles. The Morgan fingerprint density at radius 2 is 2.22 bits per heavy atom. The number of nitrogens with zero attached hydrogens (tertiary/aromatic N) is 1. The van der Waals surface area contributed by atoms with Gasteiger partial charge in [0.15, 0.2) is 0 Å². The molecule has 0 aromatic rings. The van der Waals surface area contributed by atoms with Gasteiger partial charge in [-0.25, -0.2) is 0 Å². The zero-order valence-electron chi connectivity index (χ0n) is 12.0. The quantitative estimate of drug-likeness (QED) is 0.515. The second kappa shape index (κ2) is 9.73. The van der Waals surface area contributed by atoms with Crippen molar-refractivity contribution in [2.24, 2.45) is 5.92 Å². The minimum atomic E-state index is 0.257. The van der Waals surface area contributed by atoms with Crippen molar-refractivity contribution in [2.75, 3.05) is 46.5 Å². The Hall–Kier alpha value is -0.160. The summed E-state index contributed by atoms with van der Waals surface area (Å²) in [7, 11) is 2.12. The number of aliphatic hydroxyl groups excluding tert-OH is 1. The van der Waals surface area contributed by atoms with Crippen LogP contribution in [0.15, 0.2) is 0 Å². The summed E-state index contributed by atoms with van der Waals surface area (Å²) in [6.45, 7) is 7.17. The maximum atomic E-state index is 9.05. The van der Waals surface area contributed by atoms with Crippen LogP contribution in [0.5, 0.6) is 0 Å².